The van der Waals surface area contributed by atoms with Crippen LogP contribution >= 0.6 is 38.9 Å². The van der Waals surface area contributed by atoms with E-state index in [1.165, 1.54) is 4.88 Å². The normalized spacial score (nSPS) is 11.0. The molecule has 0 N–H and O–H groups in total. The van der Waals surface area contributed by atoms with Crippen molar-refractivity contribution in [2.75, 3.05) is 0 Å². The summed E-state index contributed by atoms with van der Waals surface area (Å²) in [6, 6.07) is 10.0. The molecule has 0 amide bonds. The first-order chi connectivity index (χ1) is 10.2. The third-order valence-electron chi connectivity index (χ3n) is 3.05. The molecule has 1 aromatic carbocycles. The lowest BCUT2D eigenvalue weighted by molar-refractivity contribution is 0.297. The van der Waals surface area contributed by atoms with E-state index in [0.29, 0.717) is 12.5 Å². The standard InChI is InChI=1S/C15H12BrClN2OS/c1-2-10-7-11-13(18-15(17)19-14(11)21-10)20-8-9-5-3-4-6-12(9)16/h3-7H,2,8H2,1H3. The Labute approximate surface area is 140 Å². The summed E-state index contributed by atoms with van der Waals surface area (Å²) in [5.74, 6) is 0.539. The second-order valence-electron chi connectivity index (χ2n) is 4.46. The Kier molecular flexibility index (Phi) is 4.42. The van der Waals surface area contributed by atoms with E-state index in [9.17, 15) is 0 Å². The van der Waals surface area contributed by atoms with Crippen LogP contribution in [0.2, 0.25) is 5.28 Å². The zero-order valence-electron chi connectivity index (χ0n) is 11.3. The largest absolute Gasteiger partial charge is 0.472 e. The van der Waals surface area contributed by atoms with E-state index in [1.54, 1.807) is 11.3 Å². The van der Waals surface area contributed by atoms with Gasteiger partial charge >= 0.3 is 0 Å². The van der Waals surface area contributed by atoms with Gasteiger partial charge in [0.2, 0.25) is 11.2 Å². The number of aryl methyl sites for hydroxylation is 1. The van der Waals surface area contributed by atoms with Gasteiger partial charge in [-0.25, -0.2) is 4.98 Å². The molecule has 21 heavy (non-hydrogen) atoms. The molecule has 3 nitrogen and oxygen atoms in total. The van der Waals surface area contributed by atoms with Gasteiger partial charge in [-0.15, -0.1) is 11.3 Å². The van der Waals surface area contributed by atoms with Gasteiger partial charge in [0.1, 0.15) is 11.4 Å². The van der Waals surface area contributed by atoms with E-state index in [4.69, 9.17) is 16.3 Å². The Balaban J connectivity index is 1.93. The number of nitrogens with zero attached hydrogens (tertiary/aromatic N) is 2. The summed E-state index contributed by atoms with van der Waals surface area (Å²) in [6.45, 7) is 2.54. The van der Waals surface area contributed by atoms with Crippen LogP contribution < -0.4 is 4.74 Å². The lowest BCUT2D eigenvalue weighted by Crippen LogP contribution is -1.99. The number of halogens is 2. The third-order valence-corrected chi connectivity index (χ3v) is 5.17. The van der Waals surface area contributed by atoms with Crippen molar-refractivity contribution >= 4 is 49.1 Å². The molecule has 0 radical (unpaired) electrons. The Hall–Kier alpha value is -1.17. The minimum Gasteiger partial charge on any atom is -0.472 e. The van der Waals surface area contributed by atoms with Crippen molar-refractivity contribution in [3.63, 3.8) is 0 Å². The highest BCUT2D eigenvalue weighted by molar-refractivity contribution is 9.10. The van der Waals surface area contributed by atoms with Gasteiger partial charge in [-0.3, -0.25) is 0 Å². The maximum atomic E-state index is 5.98. The van der Waals surface area contributed by atoms with Crippen molar-refractivity contribution in [1.82, 2.24) is 9.97 Å². The van der Waals surface area contributed by atoms with Gasteiger partial charge < -0.3 is 4.74 Å². The van der Waals surface area contributed by atoms with E-state index < -0.39 is 0 Å². The summed E-state index contributed by atoms with van der Waals surface area (Å²) in [5.41, 5.74) is 1.06. The molecule has 0 aliphatic heterocycles. The first-order valence-electron chi connectivity index (χ1n) is 6.49. The third kappa shape index (κ3) is 3.20. The van der Waals surface area contributed by atoms with Crippen LogP contribution in [0.3, 0.4) is 0 Å². The van der Waals surface area contributed by atoms with Crippen LogP contribution in [0.5, 0.6) is 5.88 Å². The molecule has 0 atom stereocenters. The van der Waals surface area contributed by atoms with Gasteiger partial charge in [0.15, 0.2) is 0 Å². The number of fused-ring (bicyclic) bond motifs is 1. The Morgan fingerprint density at radius 2 is 2.10 bits per heavy atom. The van der Waals surface area contributed by atoms with E-state index >= 15 is 0 Å². The van der Waals surface area contributed by atoms with E-state index in [1.807, 2.05) is 24.3 Å². The SMILES string of the molecule is CCc1cc2c(OCc3ccccc3Br)nc(Cl)nc2s1. The van der Waals surface area contributed by atoms with Crippen LogP contribution in [0.4, 0.5) is 0 Å². The zero-order valence-corrected chi connectivity index (χ0v) is 14.4. The molecule has 0 saturated carbocycles. The predicted octanol–water partition coefficient (Wildman–Crippen LogP) is 5.25. The Morgan fingerprint density at radius 1 is 1.29 bits per heavy atom. The molecular weight excluding hydrogens is 372 g/mol. The number of benzene rings is 1. The molecular formula is C15H12BrClN2OS. The van der Waals surface area contributed by atoms with Crippen LogP contribution in [0.15, 0.2) is 34.8 Å². The number of rotatable bonds is 4. The van der Waals surface area contributed by atoms with Gasteiger partial charge in [-0.2, -0.15) is 4.98 Å². The minimum atomic E-state index is 0.217. The first kappa shape index (κ1) is 14.8. The summed E-state index contributed by atoms with van der Waals surface area (Å²) in [5, 5.41) is 1.14. The molecule has 108 valence electrons. The molecule has 0 saturated heterocycles. The number of aromatic nitrogens is 2. The fraction of sp³-hybridized carbons (Fsp3) is 0.200. The lowest BCUT2D eigenvalue weighted by Gasteiger charge is -2.08. The first-order valence-corrected chi connectivity index (χ1v) is 8.48. The number of hydrogen-bond acceptors (Lipinski definition) is 4. The molecule has 2 heterocycles. The number of thiophene rings is 1. The maximum absolute atomic E-state index is 5.98. The molecule has 2 aromatic heterocycles. The van der Waals surface area contributed by atoms with Crippen molar-refractivity contribution in [3.05, 3.63) is 50.5 Å². The Bertz CT molecular complexity index is 790. The molecule has 0 aliphatic carbocycles. The summed E-state index contributed by atoms with van der Waals surface area (Å²) in [7, 11) is 0. The molecule has 0 bridgehead atoms. The zero-order chi connectivity index (χ0) is 14.8. The van der Waals surface area contributed by atoms with Crippen LogP contribution in [-0.4, -0.2) is 9.97 Å². The summed E-state index contributed by atoms with van der Waals surface area (Å²) in [4.78, 5) is 10.6. The van der Waals surface area contributed by atoms with Gasteiger partial charge in [-0.05, 0) is 30.2 Å². The summed E-state index contributed by atoms with van der Waals surface area (Å²) < 4.78 is 6.88. The molecule has 0 spiro atoms. The van der Waals surface area contributed by atoms with E-state index in [0.717, 1.165) is 26.7 Å². The molecule has 3 aromatic rings. The predicted molar refractivity (Wildman–Crippen MR) is 90.3 cm³/mol. The minimum absolute atomic E-state index is 0.217. The fourth-order valence-corrected chi connectivity index (χ4v) is 3.53. The second-order valence-corrected chi connectivity index (χ2v) is 6.77. The average molecular weight is 384 g/mol. The van der Waals surface area contributed by atoms with Crippen LogP contribution in [-0.2, 0) is 13.0 Å². The smallest absolute Gasteiger partial charge is 0.227 e. The van der Waals surface area contributed by atoms with Crippen molar-refractivity contribution < 1.29 is 4.74 Å². The van der Waals surface area contributed by atoms with Gasteiger partial charge in [-0.1, -0.05) is 41.1 Å². The quantitative estimate of drug-likeness (QED) is 0.577. The highest BCUT2D eigenvalue weighted by Crippen LogP contribution is 2.32. The van der Waals surface area contributed by atoms with Crippen LogP contribution in [0, 0.1) is 0 Å². The van der Waals surface area contributed by atoms with Crippen molar-refractivity contribution in [2.45, 2.75) is 20.0 Å². The monoisotopic (exact) mass is 382 g/mol. The summed E-state index contributed by atoms with van der Waals surface area (Å²) in [6.07, 6.45) is 0.961. The Morgan fingerprint density at radius 3 is 2.86 bits per heavy atom. The van der Waals surface area contributed by atoms with Gasteiger partial charge in [0, 0.05) is 14.9 Å². The topological polar surface area (TPSA) is 35.0 Å². The summed E-state index contributed by atoms with van der Waals surface area (Å²) >= 11 is 11.1. The lowest BCUT2D eigenvalue weighted by atomic mass is 10.2. The fourth-order valence-electron chi connectivity index (χ4n) is 1.97. The van der Waals surface area contributed by atoms with Crippen LogP contribution in [0.25, 0.3) is 10.2 Å². The molecule has 0 aliphatic rings. The van der Waals surface area contributed by atoms with Crippen molar-refractivity contribution in [1.29, 1.82) is 0 Å². The van der Waals surface area contributed by atoms with E-state index in [-0.39, 0.29) is 5.28 Å². The molecule has 6 heteroatoms. The molecule has 0 fully saturated rings. The van der Waals surface area contributed by atoms with Crippen molar-refractivity contribution in [3.8, 4) is 5.88 Å². The number of hydrogen-bond donors (Lipinski definition) is 0. The van der Waals surface area contributed by atoms with Gasteiger partial charge in [0.25, 0.3) is 0 Å². The van der Waals surface area contributed by atoms with Crippen LogP contribution in [0.1, 0.15) is 17.4 Å². The second kappa shape index (κ2) is 6.30. The van der Waals surface area contributed by atoms with Gasteiger partial charge in [0.05, 0.1) is 5.39 Å². The average Bonchev–Trinajstić information content (AvgIpc) is 2.89. The molecule has 3 rings (SSSR count). The highest BCUT2D eigenvalue weighted by Gasteiger charge is 2.12. The highest BCUT2D eigenvalue weighted by atomic mass is 79.9. The maximum Gasteiger partial charge on any atom is 0.227 e. The van der Waals surface area contributed by atoms with E-state index in [2.05, 4.69) is 38.9 Å². The number of ether oxygens (including phenoxy) is 1. The van der Waals surface area contributed by atoms with Crippen molar-refractivity contribution in [2.24, 2.45) is 0 Å². The molecule has 0 unspecified atom stereocenters.